The molecule has 0 spiro atoms. The molecule has 0 bridgehead atoms. The highest BCUT2D eigenvalue weighted by molar-refractivity contribution is 7.90. The molecule has 10 heteroatoms. The minimum absolute atomic E-state index is 0.0255. The molecule has 0 saturated carbocycles. The van der Waals surface area contributed by atoms with E-state index in [1.54, 1.807) is 0 Å². The van der Waals surface area contributed by atoms with Crippen LogP contribution in [0.1, 0.15) is 0 Å². The Labute approximate surface area is 126 Å². The Bertz CT molecular complexity index is 687. The minimum Gasteiger partial charge on any atom is -0.484 e. The number of hydrogen-bond donors (Lipinski definition) is 3. The van der Waals surface area contributed by atoms with Gasteiger partial charge in [-0.1, -0.05) is 6.07 Å². The number of hydrogen-bond acceptors (Lipinski definition) is 6. The van der Waals surface area contributed by atoms with E-state index in [-0.39, 0.29) is 10.6 Å². The fraction of sp³-hybridized carbons (Fsp3) is 0.250. The summed E-state index contributed by atoms with van der Waals surface area (Å²) in [7, 11) is -3.41. The number of carbonyl (C=O) groups excluding carboxylic acids is 3. The first-order valence-corrected chi connectivity index (χ1v) is 7.81. The zero-order chi connectivity index (χ0) is 16.9. The normalized spacial score (nSPS) is 11.0. The fourth-order valence-corrected chi connectivity index (χ4v) is 2.08. The molecular formula is C12H15N3O6S. The van der Waals surface area contributed by atoms with Gasteiger partial charge in [-0.05, 0) is 18.2 Å². The summed E-state index contributed by atoms with van der Waals surface area (Å²) in [4.78, 5) is 33.4. The number of ether oxygens (including phenoxy) is 1. The number of primary amides is 2. The van der Waals surface area contributed by atoms with Crippen LogP contribution in [0.25, 0.3) is 0 Å². The average Bonchev–Trinajstić information content (AvgIpc) is 2.41. The summed E-state index contributed by atoms with van der Waals surface area (Å²) < 4.78 is 27.8. The molecule has 1 aromatic carbocycles. The molecule has 0 fully saturated rings. The molecule has 3 amide bonds. The van der Waals surface area contributed by atoms with E-state index in [1.807, 2.05) is 5.32 Å². The third-order valence-electron chi connectivity index (χ3n) is 2.48. The lowest BCUT2D eigenvalue weighted by atomic mass is 10.2. The van der Waals surface area contributed by atoms with Crippen molar-refractivity contribution >= 4 is 27.6 Å². The molecule has 0 saturated heterocycles. The quantitative estimate of drug-likeness (QED) is 0.487. The third-order valence-corrected chi connectivity index (χ3v) is 3.59. The lowest BCUT2D eigenvalue weighted by Gasteiger charge is -2.12. The second-order valence-corrected chi connectivity index (χ2v) is 6.36. The molecule has 120 valence electrons. The number of benzene rings is 1. The van der Waals surface area contributed by atoms with E-state index in [0.29, 0.717) is 0 Å². The predicted molar refractivity (Wildman–Crippen MR) is 75.4 cm³/mol. The molecule has 1 aromatic rings. The number of rotatable bonds is 7. The van der Waals surface area contributed by atoms with Gasteiger partial charge in [-0.2, -0.15) is 0 Å². The number of amides is 3. The maximum Gasteiger partial charge on any atom is 0.258 e. The van der Waals surface area contributed by atoms with Crippen LogP contribution in [0.4, 0.5) is 0 Å². The molecule has 0 aliphatic carbocycles. The van der Waals surface area contributed by atoms with E-state index in [9.17, 15) is 22.8 Å². The van der Waals surface area contributed by atoms with Crippen molar-refractivity contribution in [2.24, 2.45) is 11.5 Å². The van der Waals surface area contributed by atoms with Crippen molar-refractivity contribution in [1.82, 2.24) is 5.32 Å². The average molecular weight is 329 g/mol. The van der Waals surface area contributed by atoms with E-state index in [2.05, 4.69) is 0 Å². The van der Waals surface area contributed by atoms with Gasteiger partial charge in [-0.15, -0.1) is 0 Å². The molecule has 9 nitrogen and oxygen atoms in total. The second-order valence-electron chi connectivity index (χ2n) is 4.34. The molecule has 0 radical (unpaired) electrons. The summed E-state index contributed by atoms with van der Waals surface area (Å²) in [5, 5.41) is 2.00. The van der Waals surface area contributed by atoms with Crippen LogP contribution in [0.3, 0.4) is 0 Å². The van der Waals surface area contributed by atoms with E-state index >= 15 is 0 Å². The summed E-state index contributed by atoms with van der Waals surface area (Å²) >= 11 is 0. The van der Waals surface area contributed by atoms with Gasteiger partial charge in [0.05, 0.1) is 4.90 Å². The molecule has 5 N–H and O–H groups in total. The van der Waals surface area contributed by atoms with E-state index in [4.69, 9.17) is 16.2 Å². The van der Waals surface area contributed by atoms with Gasteiger partial charge in [0.15, 0.2) is 22.5 Å². The van der Waals surface area contributed by atoms with Crippen molar-refractivity contribution in [3.05, 3.63) is 24.3 Å². The molecule has 0 aliphatic rings. The van der Waals surface area contributed by atoms with Gasteiger partial charge >= 0.3 is 0 Å². The summed E-state index contributed by atoms with van der Waals surface area (Å²) in [6.07, 6.45) is 1.03. The lowest BCUT2D eigenvalue weighted by molar-refractivity contribution is -0.134. The van der Waals surface area contributed by atoms with Crippen LogP contribution in [0.5, 0.6) is 5.75 Å². The Morgan fingerprint density at radius 2 is 1.82 bits per heavy atom. The molecular weight excluding hydrogens is 314 g/mol. The Hall–Kier alpha value is -2.62. The zero-order valence-corrected chi connectivity index (χ0v) is 12.4. The number of carbonyl (C=O) groups is 3. The van der Waals surface area contributed by atoms with Crippen LogP contribution >= 0.6 is 0 Å². The highest BCUT2D eigenvalue weighted by atomic mass is 32.2. The molecule has 22 heavy (non-hydrogen) atoms. The van der Waals surface area contributed by atoms with Gasteiger partial charge < -0.3 is 21.5 Å². The monoisotopic (exact) mass is 329 g/mol. The van der Waals surface area contributed by atoms with Crippen LogP contribution in [0.2, 0.25) is 0 Å². The Kier molecular flexibility index (Phi) is 5.46. The SMILES string of the molecule is CS(=O)(=O)c1cccc(OCC(=O)NC(C(N)=O)C(N)=O)c1. The summed E-state index contributed by atoms with van der Waals surface area (Å²) in [5.41, 5.74) is 9.80. The van der Waals surface area contributed by atoms with Gasteiger partial charge in [-0.3, -0.25) is 14.4 Å². The molecule has 0 aliphatic heterocycles. The molecule has 0 heterocycles. The van der Waals surface area contributed by atoms with Crippen molar-refractivity contribution in [1.29, 1.82) is 0 Å². The highest BCUT2D eigenvalue weighted by Gasteiger charge is 2.23. The number of sulfone groups is 1. The highest BCUT2D eigenvalue weighted by Crippen LogP contribution is 2.17. The van der Waals surface area contributed by atoms with Crippen LogP contribution in [-0.4, -0.2) is 45.0 Å². The second kappa shape index (κ2) is 6.89. The van der Waals surface area contributed by atoms with E-state index in [1.165, 1.54) is 24.3 Å². The summed E-state index contributed by atoms with van der Waals surface area (Å²) in [6, 6.07) is 3.86. The van der Waals surface area contributed by atoms with Crippen molar-refractivity contribution in [2.75, 3.05) is 12.9 Å². The molecule has 1 rings (SSSR count). The largest absolute Gasteiger partial charge is 0.484 e. The zero-order valence-electron chi connectivity index (χ0n) is 11.6. The van der Waals surface area contributed by atoms with Crippen molar-refractivity contribution in [3.8, 4) is 5.75 Å². The maximum absolute atomic E-state index is 11.5. The lowest BCUT2D eigenvalue weighted by Crippen LogP contribution is -2.53. The first-order chi connectivity index (χ1) is 10.1. The summed E-state index contributed by atoms with van der Waals surface area (Å²) in [6.45, 7) is -0.551. The van der Waals surface area contributed by atoms with Gasteiger partial charge in [0.2, 0.25) is 11.8 Å². The minimum atomic E-state index is -3.41. The number of nitrogens with one attached hydrogen (secondary N) is 1. The first kappa shape index (κ1) is 17.4. The Morgan fingerprint density at radius 3 is 2.32 bits per heavy atom. The Morgan fingerprint density at radius 1 is 1.23 bits per heavy atom. The molecule has 0 atom stereocenters. The van der Waals surface area contributed by atoms with Gasteiger partial charge in [0.25, 0.3) is 5.91 Å². The van der Waals surface area contributed by atoms with Gasteiger partial charge in [0.1, 0.15) is 5.75 Å². The van der Waals surface area contributed by atoms with Crippen LogP contribution < -0.4 is 21.5 Å². The Balaban J connectivity index is 2.69. The first-order valence-electron chi connectivity index (χ1n) is 5.92. The molecule has 0 unspecified atom stereocenters. The topological polar surface area (TPSA) is 159 Å². The van der Waals surface area contributed by atoms with Crippen LogP contribution in [-0.2, 0) is 24.2 Å². The number of nitrogens with two attached hydrogens (primary N) is 2. The van der Waals surface area contributed by atoms with Gasteiger partial charge in [0, 0.05) is 6.26 Å². The smallest absolute Gasteiger partial charge is 0.258 e. The van der Waals surface area contributed by atoms with Crippen molar-refractivity contribution in [3.63, 3.8) is 0 Å². The standard InChI is InChI=1S/C12H15N3O6S/c1-22(19,20)8-4-2-3-7(5-8)21-6-9(16)15-10(11(13)17)12(14)18/h2-5,10H,6H2,1H3,(H2,13,17)(H2,14,18)(H,15,16). The predicted octanol–water partition coefficient (Wildman–Crippen LogP) is -2.08. The van der Waals surface area contributed by atoms with Gasteiger partial charge in [-0.25, -0.2) is 8.42 Å². The van der Waals surface area contributed by atoms with Crippen LogP contribution in [0.15, 0.2) is 29.2 Å². The summed E-state index contributed by atoms with van der Waals surface area (Å²) in [5.74, 6) is -2.88. The van der Waals surface area contributed by atoms with E-state index < -0.39 is 40.2 Å². The molecule has 0 aromatic heterocycles. The fourth-order valence-electron chi connectivity index (χ4n) is 1.43. The van der Waals surface area contributed by atoms with Crippen molar-refractivity contribution in [2.45, 2.75) is 10.9 Å². The third kappa shape index (κ3) is 5.05. The van der Waals surface area contributed by atoms with Crippen molar-refractivity contribution < 1.29 is 27.5 Å². The van der Waals surface area contributed by atoms with Crippen LogP contribution in [0, 0.1) is 0 Å². The maximum atomic E-state index is 11.5. The van der Waals surface area contributed by atoms with E-state index in [0.717, 1.165) is 6.26 Å².